The largest absolute Gasteiger partial charge is 0.507 e. The minimum absolute atomic E-state index is 0.141. The van der Waals surface area contributed by atoms with E-state index >= 15 is 0 Å². The highest BCUT2D eigenvalue weighted by atomic mass is 79.9. The summed E-state index contributed by atoms with van der Waals surface area (Å²) in [7, 11) is 0. The van der Waals surface area contributed by atoms with Crippen molar-refractivity contribution in [2.45, 2.75) is 0 Å². The highest BCUT2D eigenvalue weighted by Crippen LogP contribution is 2.31. The van der Waals surface area contributed by atoms with Gasteiger partial charge in [-0.1, -0.05) is 11.6 Å². The standard InChI is InChI=1S/C20H12BrClN2O3/c21-15-9-12(3-7-17(15)25)20-24-16-10-14(6-8-18(16)27-20)23-19(26)11-1-4-13(22)5-2-11/h1-10,25H,(H,23,26). The number of fused-ring (bicyclic) bond motifs is 1. The molecule has 0 unspecified atom stereocenters. The van der Waals surface area contributed by atoms with E-state index in [9.17, 15) is 9.90 Å². The Labute approximate surface area is 167 Å². The van der Waals surface area contributed by atoms with E-state index < -0.39 is 0 Å². The number of phenolic OH excluding ortho intramolecular Hbond substituents is 1. The minimum Gasteiger partial charge on any atom is -0.507 e. The SMILES string of the molecule is O=C(Nc1ccc2oc(-c3ccc(O)c(Br)c3)nc2c1)c1ccc(Cl)cc1. The Hall–Kier alpha value is -2.83. The summed E-state index contributed by atoms with van der Waals surface area (Å²) in [6.45, 7) is 0. The quantitative estimate of drug-likeness (QED) is 0.415. The Bertz CT molecular complexity index is 1160. The van der Waals surface area contributed by atoms with Crippen LogP contribution in [0.2, 0.25) is 5.02 Å². The Balaban J connectivity index is 1.61. The van der Waals surface area contributed by atoms with E-state index in [-0.39, 0.29) is 11.7 Å². The van der Waals surface area contributed by atoms with Gasteiger partial charge in [0.25, 0.3) is 5.91 Å². The van der Waals surface area contributed by atoms with Crippen molar-refractivity contribution in [2.75, 3.05) is 5.32 Å². The summed E-state index contributed by atoms with van der Waals surface area (Å²) in [6.07, 6.45) is 0. The fourth-order valence-corrected chi connectivity index (χ4v) is 3.08. The molecule has 4 aromatic rings. The lowest BCUT2D eigenvalue weighted by Gasteiger charge is -2.05. The van der Waals surface area contributed by atoms with E-state index in [4.69, 9.17) is 16.0 Å². The van der Waals surface area contributed by atoms with Crippen molar-refractivity contribution in [1.29, 1.82) is 0 Å². The number of phenols is 1. The van der Waals surface area contributed by atoms with Crippen LogP contribution in [0, 0.1) is 0 Å². The number of halogens is 2. The number of benzene rings is 3. The van der Waals surface area contributed by atoms with E-state index in [0.29, 0.717) is 37.7 Å². The van der Waals surface area contributed by atoms with E-state index in [1.54, 1.807) is 60.7 Å². The van der Waals surface area contributed by atoms with Gasteiger partial charge in [-0.05, 0) is 76.6 Å². The molecule has 2 N–H and O–H groups in total. The van der Waals surface area contributed by atoms with Gasteiger partial charge in [0.1, 0.15) is 11.3 Å². The highest BCUT2D eigenvalue weighted by Gasteiger charge is 2.12. The summed E-state index contributed by atoms with van der Waals surface area (Å²) < 4.78 is 6.32. The molecule has 0 aliphatic heterocycles. The second-order valence-corrected chi connectivity index (χ2v) is 7.12. The van der Waals surface area contributed by atoms with E-state index in [2.05, 4.69) is 26.2 Å². The van der Waals surface area contributed by atoms with Crippen molar-refractivity contribution >= 4 is 50.2 Å². The first kappa shape index (κ1) is 17.6. The number of nitrogens with one attached hydrogen (secondary N) is 1. The predicted molar refractivity (Wildman–Crippen MR) is 108 cm³/mol. The lowest BCUT2D eigenvalue weighted by molar-refractivity contribution is 0.102. The van der Waals surface area contributed by atoms with Crippen LogP contribution in [0.15, 0.2) is 69.6 Å². The summed E-state index contributed by atoms with van der Waals surface area (Å²) in [5.74, 6) is 0.325. The van der Waals surface area contributed by atoms with Crippen LogP contribution in [0.4, 0.5) is 5.69 Å². The number of hydrogen-bond donors (Lipinski definition) is 2. The third-order valence-electron chi connectivity index (χ3n) is 3.95. The average Bonchev–Trinajstić information content (AvgIpc) is 3.08. The van der Waals surface area contributed by atoms with Crippen molar-refractivity contribution in [2.24, 2.45) is 0 Å². The molecule has 27 heavy (non-hydrogen) atoms. The maximum absolute atomic E-state index is 12.3. The second-order valence-electron chi connectivity index (χ2n) is 5.83. The first-order chi connectivity index (χ1) is 13.0. The van der Waals surface area contributed by atoms with Gasteiger partial charge in [-0.25, -0.2) is 4.98 Å². The van der Waals surface area contributed by atoms with Gasteiger partial charge in [0.15, 0.2) is 5.58 Å². The normalized spacial score (nSPS) is 10.9. The molecule has 0 bridgehead atoms. The molecule has 0 radical (unpaired) electrons. The van der Waals surface area contributed by atoms with Crippen LogP contribution in [0.3, 0.4) is 0 Å². The molecule has 1 aromatic heterocycles. The van der Waals surface area contributed by atoms with Crippen LogP contribution >= 0.6 is 27.5 Å². The van der Waals surface area contributed by atoms with Gasteiger partial charge in [-0.2, -0.15) is 0 Å². The first-order valence-corrected chi connectivity index (χ1v) is 9.13. The fourth-order valence-electron chi connectivity index (χ4n) is 2.57. The van der Waals surface area contributed by atoms with Crippen LogP contribution in [0.5, 0.6) is 5.75 Å². The Morgan fingerprint density at radius 1 is 1.07 bits per heavy atom. The molecular formula is C20H12BrClN2O3. The van der Waals surface area contributed by atoms with E-state index in [1.807, 2.05) is 0 Å². The molecule has 0 aliphatic rings. The van der Waals surface area contributed by atoms with Crippen molar-refractivity contribution in [3.05, 3.63) is 75.7 Å². The van der Waals surface area contributed by atoms with Gasteiger partial charge in [0.2, 0.25) is 5.89 Å². The summed E-state index contributed by atoms with van der Waals surface area (Å²) in [6, 6.07) is 16.9. The van der Waals surface area contributed by atoms with Gasteiger partial charge in [0.05, 0.1) is 4.47 Å². The number of amides is 1. The number of rotatable bonds is 3. The zero-order valence-corrected chi connectivity index (χ0v) is 16.1. The van der Waals surface area contributed by atoms with Crippen molar-refractivity contribution < 1.29 is 14.3 Å². The highest BCUT2D eigenvalue weighted by molar-refractivity contribution is 9.10. The van der Waals surface area contributed by atoms with Crippen molar-refractivity contribution in [1.82, 2.24) is 4.98 Å². The zero-order valence-electron chi connectivity index (χ0n) is 13.7. The second kappa shape index (κ2) is 7.06. The molecule has 7 heteroatoms. The third-order valence-corrected chi connectivity index (χ3v) is 4.83. The molecule has 134 valence electrons. The van der Waals surface area contributed by atoms with Crippen LogP contribution in [0.1, 0.15) is 10.4 Å². The molecule has 0 saturated heterocycles. The number of nitrogens with zero attached hydrogens (tertiary/aromatic N) is 1. The van der Waals surface area contributed by atoms with Gasteiger partial charge >= 0.3 is 0 Å². The molecular weight excluding hydrogens is 432 g/mol. The monoisotopic (exact) mass is 442 g/mol. The van der Waals surface area contributed by atoms with Crippen LogP contribution in [-0.4, -0.2) is 16.0 Å². The van der Waals surface area contributed by atoms with Gasteiger partial charge in [-0.15, -0.1) is 0 Å². The Morgan fingerprint density at radius 2 is 1.85 bits per heavy atom. The number of anilines is 1. The predicted octanol–water partition coefficient (Wildman–Crippen LogP) is 5.87. The maximum Gasteiger partial charge on any atom is 0.255 e. The van der Waals surface area contributed by atoms with E-state index in [0.717, 1.165) is 5.56 Å². The lowest BCUT2D eigenvalue weighted by atomic mass is 10.2. The summed E-state index contributed by atoms with van der Waals surface area (Å²) in [5, 5.41) is 13.0. The third kappa shape index (κ3) is 3.67. The van der Waals surface area contributed by atoms with Crippen molar-refractivity contribution in [3.63, 3.8) is 0 Å². The number of hydrogen-bond acceptors (Lipinski definition) is 4. The van der Waals surface area contributed by atoms with E-state index in [1.165, 1.54) is 0 Å². The Kier molecular flexibility index (Phi) is 4.59. The van der Waals surface area contributed by atoms with Crippen LogP contribution < -0.4 is 5.32 Å². The number of carbonyl (C=O) groups excluding carboxylic acids is 1. The summed E-state index contributed by atoms with van der Waals surface area (Å²) in [4.78, 5) is 16.8. The number of carbonyl (C=O) groups is 1. The number of aromatic hydroxyl groups is 1. The molecule has 0 fully saturated rings. The first-order valence-electron chi connectivity index (χ1n) is 7.96. The maximum atomic E-state index is 12.3. The lowest BCUT2D eigenvalue weighted by Crippen LogP contribution is -2.11. The van der Waals surface area contributed by atoms with Gasteiger partial charge < -0.3 is 14.8 Å². The average molecular weight is 444 g/mol. The van der Waals surface area contributed by atoms with Crippen molar-refractivity contribution in [3.8, 4) is 17.2 Å². The van der Waals surface area contributed by atoms with Gasteiger partial charge in [0, 0.05) is 21.8 Å². The molecule has 0 atom stereocenters. The molecule has 4 rings (SSSR count). The topological polar surface area (TPSA) is 75.4 Å². The molecule has 0 spiro atoms. The number of oxazole rings is 1. The molecule has 0 saturated carbocycles. The van der Waals surface area contributed by atoms with Gasteiger partial charge in [-0.3, -0.25) is 4.79 Å². The van der Waals surface area contributed by atoms with Crippen LogP contribution in [0.25, 0.3) is 22.6 Å². The van der Waals surface area contributed by atoms with Crippen LogP contribution in [-0.2, 0) is 0 Å². The smallest absolute Gasteiger partial charge is 0.255 e. The summed E-state index contributed by atoms with van der Waals surface area (Å²) >= 11 is 9.12. The summed E-state index contributed by atoms with van der Waals surface area (Å²) in [5.41, 5.74) is 3.05. The molecule has 0 aliphatic carbocycles. The fraction of sp³-hybridized carbons (Fsp3) is 0. The minimum atomic E-state index is -0.239. The zero-order chi connectivity index (χ0) is 19.0. The molecule has 1 amide bonds. The number of aromatic nitrogens is 1. The molecule has 3 aromatic carbocycles. The molecule has 5 nitrogen and oxygen atoms in total. The Morgan fingerprint density at radius 3 is 2.59 bits per heavy atom. The molecule has 1 heterocycles.